The molecule has 4 heteroatoms. The predicted molar refractivity (Wildman–Crippen MR) is 66.6 cm³/mol. The quantitative estimate of drug-likeness (QED) is 0.335. The highest BCUT2D eigenvalue weighted by Crippen LogP contribution is 2.34. The van der Waals surface area contributed by atoms with Crippen LogP contribution in [0.4, 0.5) is 0 Å². The van der Waals surface area contributed by atoms with E-state index in [1.807, 2.05) is 0 Å². The van der Waals surface area contributed by atoms with Gasteiger partial charge in [0.05, 0.1) is 0 Å². The molecule has 0 aromatic heterocycles. The van der Waals surface area contributed by atoms with Gasteiger partial charge in [0.2, 0.25) is 0 Å². The monoisotopic (exact) mass is 227 g/mol. The maximum Gasteiger partial charge on any atom is 0.140 e. The van der Waals surface area contributed by atoms with E-state index in [0.29, 0.717) is 17.7 Å². The summed E-state index contributed by atoms with van der Waals surface area (Å²) >= 11 is 0. The molecule has 1 saturated heterocycles. The van der Waals surface area contributed by atoms with Crippen molar-refractivity contribution in [1.82, 2.24) is 4.90 Å². The van der Waals surface area contributed by atoms with Crippen LogP contribution in [-0.4, -0.2) is 35.6 Å². The molecule has 0 unspecified atom stereocenters. The van der Waals surface area contributed by atoms with Crippen molar-refractivity contribution in [2.75, 3.05) is 19.6 Å². The van der Waals surface area contributed by atoms with E-state index in [2.05, 4.69) is 30.8 Å². The van der Waals surface area contributed by atoms with E-state index < -0.39 is 0 Å². The lowest BCUT2D eigenvalue weighted by atomic mass is 9.75. The first-order valence-corrected chi connectivity index (χ1v) is 6.12. The standard InChI is InChI=1S/C12H25N3O/c1-12(2,3)10-4-7-15(8-5-10)9-6-11(13)14-16/h10,16H,4-9H2,1-3H3,(H2,13,14). The first-order valence-electron chi connectivity index (χ1n) is 6.12. The summed E-state index contributed by atoms with van der Waals surface area (Å²) in [6.07, 6.45) is 3.19. The van der Waals surface area contributed by atoms with E-state index in [1.165, 1.54) is 12.8 Å². The number of likely N-dealkylation sites (tertiary alicyclic amines) is 1. The molecule has 1 fully saturated rings. The van der Waals surface area contributed by atoms with Gasteiger partial charge in [0, 0.05) is 13.0 Å². The van der Waals surface area contributed by atoms with Crippen LogP contribution in [0.5, 0.6) is 0 Å². The SMILES string of the molecule is CC(C)(C)C1CCN(CCC(N)=NO)CC1. The highest BCUT2D eigenvalue weighted by atomic mass is 16.4. The average Bonchev–Trinajstić information content (AvgIpc) is 2.25. The van der Waals surface area contributed by atoms with Crippen molar-refractivity contribution in [2.24, 2.45) is 22.2 Å². The molecular weight excluding hydrogens is 202 g/mol. The van der Waals surface area contributed by atoms with Crippen molar-refractivity contribution in [3.63, 3.8) is 0 Å². The van der Waals surface area contributed by atoms with Crippen molar-refractivity contribution >= 4 is 5.84 Å². The zero-order valence-corrected chi connectivity index (χ0v) is 10.7. The molecule has 1 rings (SSSR count). The Morgan fingerprint density at radius 1 is 1.38 bits per heavy atom. The van der Waals surface area contributed by atoms with Crippen molar-refractivity contribution in [1.29, 1.82) is 0 Å². The Balaban J connectivity index is 2.27. The molecule has 0 amide bonds. The Morgan fingerprint density at radius 2 is 1.94 bits per heavy atom. The van der Waals surface area contributed by atoms with Crippen LogP contribution >= 0.6 is 0 Å². The van der Waals surface area contributed by atoms with Crippen LogP contribution in [-0.2, 0) is 0 Å². The minimum atomic E-state index is 0.331. The molecule has 0 spiro atoms. The van der Waals surface area contributed by atoms with Gasteiger partial charge in [-0.05, 0) is 37.3 Å². The molecule has 1 aliphatic rings. The van der Waals surface area contributed by atoms with E-state index in [-0.39, 0.29) is 0 Å². The van der Waals surface area contributed by atoms with Crippen LogP contribution in [0, 0.1) is 11.3 Å². The Bertz CT molecular complexity index is 237. The maximum atomic E-state index is 8.46. The molecule has 4 nitrogen and oxygen atoms in total. The third-order valence-electron chi connectivity index (χ3n) is 3.62. The Hall–Kier alpha value is -0.770. The van der Waals surface area contributed by atoms with Gasteiger partial charge in [-0.1, -0.05) is 25.9 Å². The normalized spacial score (nSPS) is 21.3. The van der Waals surface area contributed by atoms with Gasteiger partial charge < -0.3 is 15.8 Å². The fraction of sp³-hybridized carbons (Fsp3) is 0.917. The largest absolute Gasteiger partial charge is 0.409 e. The van der Waals surface area contributed by atoms with E-state index >= 15 is 0 Å². The summed E-state index contributed by atoms with van der Waals surface area (Å²) in [5, 5.41) is 11.5. The second-order valence-electron chi connectivity index (χ2n) is 5.82. The number of amidine groups is 1. The fourth-order valence-electron chi connectivity index (χ4n) is 2.35. The molecule has 0 aliphatic carbocycles. The molecule has 1 heterocycles. The van der Waals surface area contributed by atoms with Crippen LogP contribution in [0.2, 0.25) is 0 Å². The van der Waals surface area contributed by atoms with Crippen molar-refractivity contribution in [3.05, 3.63) is 0 Å². The van der Waals surface area contributed by atoms with Crippen molar-refractivity contribution in [2.45, 2.75) is 40.0 Å². The van der Waals surface area contributed by atoms with E-state index in [1.54, 1.807) is 0 Å². The molecule has 0 saturated carbocycles. The minimum Gasteiger partial charge on any atom is -0.409 e. The predicted octanol–water partition coefficient (Wildman–Crippen LogP) is 1.88. The van der Waals surface area contributed by atoms with Gasteiger partial charge in [0.1, 0.15) is 5.84 Å². The smallest absolute Gasteiger partial charge is 0.140 e. The van der Waals surface area contributed by atoms with Crippen LogP contribution in [0.25, 0.3) is 0 Å². The summed E-state index contributed by atoms with van der Waals surface area (Å²) in [6, 6.07) is 0. The Kier molecular flexibility index (Phi) is 4.59. The molecule has 3 N–H and O–H groups in total. The second kappa shape index (κ2) is 5.53. The molecule has 0 aromatic rings. The summed E-state index contributed by atoms with van der Waals surface area (Å²) in [5.41, 5.74) is 5.89. The summed E-state index contributed by atoms with van der Waals surface area (Å²) in [5.74, 6) is 1.16. The Morgan fingerprint density at radius 3 is 2.38 bits per heavy atom. The molecular formula is C12H25N3O. The third kappa shape index (κ3) is 4.00. The summed E-state index contributed by atoms with van der Waals surface area (Å²) in [4.78, 5) is 2.40. The highest BCUT2D eigenvalue weighted by Gasteiger charge is 2.28. The molecule has 0 radical (unpaired) electrons. The summed E-state index contributed by atoms with van der Waals surface area (Å²) in [6.45, 7) is 10.2. The summed E-state index contributed by atoms with van der Waals surface area (Å²) in [7, 11) is 0. The number of nitrogens with two attached hydrogens (primary N) is 1. The van der Waals surface area contributed by atoms with Crippen LogP contribution in [0.15, 0.2) is 5.16 Å². The molecule has 0 bridgehead atoms. The molecule has 94 valence electrons. The lowest BCUT2D eigenvalue weighted by molar-refractivity contribution is 0.114. The molecule has 0 atom stereocenters. The van der Waals surface area contributed by atoms with Gasteiger partial charge in [0.25, 0.3) is 0 Å². The van der Waals surface area contributed by atoms with Gasteiger partial charge >= 0.3 is 0 Å². The number of nitrogens with zero attached hydrogens (tertiary/aromatic N) is 2. The number of piperidine rings is 1. The van der Waals surface area contributed by atoms with Crippen LogP contribution in [0.1, 0.15) is 40.0 Å². The van der Waals surface area contributed by atoms with Crippen LogP contribution in [0.3, 0.4) is 0 Å². The second-order valence-corrected chi connectivity index (χ2v) is 5.82. The molecule has 1 aliphatic heterocycles. The average molecular weight is 227 g/mol. The lowest BCUT2D eigenvalue weighted by Gasteiger charge is -2.38. The molecule has 16 heavy (non-hydrogen) atoms. The van der Waals surface area contributed by atoms with Gasteiger partial charge in [-0.25, -0.2) is 0 Å². The highest BCUT2D eigenvalue weighted by molar-refractivity contribution is 5.79. The number of rotatable bonds is 3. The molecule has 0 aromatic carbocycles. The zero-order valence-electron chi connectivity index (χ0n) is 10.7. The van der Waals surface area contributed by atoms with E-state index in [4.69, 9.17) is 10.9 Å². The van der Waals surface area contributed by atoms with Gasteiger partial charge in [-0.2, -0.15) is 0 Å². The fourth-order valence-corrected chi connectivity index (χ4v) is 2.35. The van der Waals surface area contributed by atoms with Crippen molar-refractivity contribution in [3.8, 4) is 0 Å². The van der Waals surface area contributed by atoms with Gasteiger partial charge in [-0.3, -0.25) is 0 Å². The lowest BCUT2D eigenvalue weighted by Crippen LogP contribution is -2.39. The van der Waals surface area contributed by atoms with Gasteiger partial charge in [-0.15, -0.1) is 0 Å². The Labute approximate surface area is 98.5 Å². The third-order valence-corrected chi connectivity index (χ3v) is 3.62. The minimum absolute atomic E-state index is 0.331. The maximum absolute atomic E-state index is 8.46. The van der Waals surface area contributed by atoms with Crippen LogP contribution < -0.4 is 5.73 Å². The topological polar surface area (TPSA) is 61.8 Å². The van der Waals surface area contributed by atoms with E-state index in [9.17, 15) is 0 Å². The van der Waals surface area contributed by atoms with Crippen molar-refractivity contribution < 1.29 is 5.21 Å². The summed E-state index contributed by atoms with van der Waals surface area (Å²) < 4.78 is 0. The number of hydrogen-bond acceptors (Lipinski definition) is 3. The van der Waals surface area contributed by atoms with E-state index in [0.717, 1.165) is 25.6 Å². The number of oxime groups is 1. The van der Waals surface area contributed by atoms with Gasteiger partial charge in [0.15, 0.2) is 0 Å². The first kappa shape index (κ1) is 13.3. The zero-order chi connectivity index (χ0) is 12.2. The number of hydrogen-bond donors (Lipinski definition) is 2. The first-order chi connectivity index (χ1) is 7.43.